The number of phenolic OH excluding ortho intramolecular Hbond substituents is 1. The fourth-order valence-electron chi connectivity index (χ4n) is 2.68. The molecule has 0 amide bonds. The van der Waals surface area contributed by atoms with Gasteiger partial charge in [-0.05, 0) is 26.2 Å². The van der Waals surface area contributed by atoms with Gasteiger partial charge < -0.3 is 20.5 Å². The summed E-state index contributed by atoms with van der Waals surface area (Å²) in [7, 11) is 5.46. The van der Waals surface area contributed by atoms with E-state index >= 15 is 0 Å². The Hall–Kier alpha value is -2.04. The number of hydrogen-bond donors (Lipinski definition) is 3. The zero-order valence-corrected chi connectivity index (χ0v) is 12.6. The number of ether oxygens (including phenoxy) is 1. The molecule has 0 aliphatic rings. The van der Waals surface area contributed by atoms with Crippen molar-refractivity contribution in [2.45, 2.75) is 12.1 Å². The molecule has 112 valence electrons. The fourth-order valence-corrected chi connectivity index (χ4v) is 2.68. The second-order valence-electron chi connectivity index (χ2n) is 4.83. The lowest BCUT2D eigenvalue weighted by Crippen LogP contribution is -2.32. The molecule has 2 aromatic rings. The van der Waals surface area contributed by atoms with Crippen molar-refractivity contribution < 1.29 is 9.84 Å². The Kier molecular flexibility index (Phi) is 5.20. The van der Waals surface area contributed by atoms with Crippen LogP contribution in [0, 0.1) is 0 Å². The normalized spacial score (nSPS) is 13.7. The highest BCUT2D eigenvalue weighted by Crippen LogP contribution is 2.36. The largest absolute Gasteiger partial charge is 0.508 e. The number of nitrogens with one attached hydrogen (secondary N) is 2. The van der Waals surface area contributed by atoms with E-state index in [4.69, 9.17) is 4.74 Å². The van der Waals surface area contributed by atoms with Crippen molar-refractivity contribution in [1.82, 2.24) is 10.6 Å². The first kappa shape index (κ1) is 15.4. The van der Waals surface area contributed by atoms with Crippen LogP contribution in [0.1, 0.15) is 23.2 Å². The molecule has 0 aliphatic carbocycles. The Morgan fingerprint density at radius 2 is 1.38 bits per heavy atom. The van der Waals surface area contributed by atoms with Gasteiger partial charge in [0.05, 0.1) is 19.2 Å². The zero-order chi connectivity index (χ0) is 15.2. The minimum atomic E-state index is -0.0764. The number of benzene rings is 2. The lowest BCUT2D eigenvalue weighted by atomic mass is 9.92. The highest BCUT2D eigenvalue weighted by molar-refractivity contribution is 5.41. The van der Waals surface area contributed by atoms with E-state index in [0.717, 1.165) is 16.9 Å². The molecule has 0 saturated carbocycles. The van der Waals surface area contributed by atoms with Crippen molar-refractivity contribution in [2.24, 2.45) is 0 Å². The van der Waals surface area contributed by atoms with E-state index in [0.29, 0.717) is 0 Å². The Labute approximate surface area is 125 Å². The van der Waals surface area contributed by atoms with E-state index in [-0.39, 0.29) is 17.8 Å². The number of likely N-dealkylation sites (N-methyl/N-ethyl adjacent to an activating group) is 2. The second-order valence-corrected chi connectivity index (χ2v) is 4.83. The molecule has 0 heterocycles. The third kappa shape index (κ3) is 3.17. The van der Waals surface area contributed by atoms with Gasteiger partial charge >= 0.3 is 0 Å². The molecule has 0 aromatic heterocycles. The summed E-state index contributed by atoms with van der Waals surface area (Å²) in [6.07, 6.45) is 0. The van der Waals surface area contributed by atoms with Crippen LogP contribution in [0.2, 0.25) is 0 Å². The predicted octanol–water partition coefficient (Wildman–Crippen LogP) is 2.62. The van der Waals surface area contributed by atoms with Crippen LogP contribution in [-0.2, 0) is 0 Å². The molecule has 2 aromatic carbocycles. The van der Waals surface area contributed by atoms with Gasteiger partial charge in [-0.25, -0.2) is 0 Å². The van der Waals surface area contributed by atoms with Gasteiger partial charge in [-0.3, -0.25) is 0 Å². The Morgan fingerprint density at radius 1 is 0.857 bits per heavy atom. The van der Waals surface area contributed by atoms with Crippen molar-refractivity contribution in [3.05, 3.63) is 59.7 Å². The first-order valence-corrected chi connectivity index (χ1v) is 6.98. The minimum Gasteiger partial charge on any atom is -0.508 e. The quantitative estimate of drug-likeness (QED) is 0.764. The molecule has 3 N–H and O–H groups in total. The molecule has 21 heavy (non-hydrogen) atoms. The molecule has 0 bridgehead atoms. The molecular formula is C17H22N2O2. The van der Waals surface area contributed by atoms with Crippen LogP contribution in [0.5, 0.6) is 11.5 Å². The lowest BCUT2D eigenvalue weighted by molar-refractivity contribution is 0.372. The Balaban J connectivity index is 2.45. The molecule has 0 saturated heterocycles. The second kappa shape index (κ2) is 7.11. The summed E-state index contributed by atoms with van der Waals surface area (Å²) in [5.41, 5.74) is 1.90. The molecule has 4 heteroatoms. The van der Waals surface area contributed by atoms with E-state index in [9.17, 15) is 5.11 Å². The first-order valence-electron chi connectivity index (χ1n) is 6.98. The maximum absolute atomic E-state index is 10.1. The molecule has 0 fully saturated rings. The first-order chi connectivity index (χ1) is 10.2. The van der Waals surface area contributed by atoms with Crippen LogP contribution in [0.3, 0.4) is 0 Å². The van der Waals surface area contributed by atoms with Gasteiger partial charge in [-0.1, -0.05) is 36.4 Å². The zero-order valence-electron chi connectivity index (χ0n) is 12.6. The van der Waals surface area contributed by atoms with Crippen LogP contribution in [0.15, 0.2) is 48.5 Å². The third-order valence-electron chi connectivity index (χ3n) is 3.70. The summed E-state index contributed by atoms with van der Waals surface area (Å²) in [6.45, 7) is 0. The summed E-state index contributed by atoms with van der Waals surface area (Å²) in [5.74, 6) is 1.11. The van der Waals surface area contributed by atoms with Gasteiger partial charge in [0.15, 0.2) is 0 Å². The van der Waals surface area contributed by atoms with Gasteiger partial charge in [0.25, 0.3) is 0 Å². The Bertz CT molecular complexity index is 587. The van der Waals surface area contributed by atoms with Crippen molar-refractivity contribution >= 4 is 0 Å². The smallest absolute Gasteiger partial charge is 0.123 e. The van der Waals surface area contributed by atoms with Gasteiger partial charge in [0.1, 0.15) is 11.5 Å². The third-order valence-corrected chi connectivity index (χ3v) is 3.70. The molecular weight excluding hydrogens is 264 g/mol. The number of aromatic hydroxyl groups is 1. The van der Waals surface area contributed by atoms with Crippen LogP contribution in [-0.4, -0.2) is 26.3 Å². The van der Waals surface area contributed by atoms with Gasteiger partial charge in [0.2, 0.25) is 0 Å². The lowest BCUT2D eigenvalue weighted by Gasteiger charge is -2.29. The van der Waals surface area contributed by atoms with Gasteiger partial charge in [0, 0.05) is 11.1 Å². The van der Waals surface area contributed by atoms with E-state index in [2.05, 4.69) is 10.6 Å². The van der Waals surface area contributed by atoms with E-state index < -0.39 is 0 Å². The van der Waals surface area contributed by atoms with Gasteiger partial charge in [-0.15, -0.1) is 0 Å². The molecule has 0 aliphatic heterocycles. The average Bonchev–Trinajstić information content (AvgIpc) is 2.53. The number of methoxy groups -OCH3 is 1. The minimum absolute atomic E-state index is 0.0283. The van der Waals surface area contributed by atoms with Crippen molar-refractivity contribution in [3.63, 3.8) is 0 Å². The van der Waals surface area contributed by atoms with Crippen molar-refractivity contribution in [3.8, 4) is 11.5 Å². The molecule has 0 unspecified atom stereocenters. The van der Waals surface area contributed by atoms with E-state index in [1.807, 2.05) is 56.6 Å². The molecule has 0 spiro atoms. The van der Waals surface area contributed by atoms with Crippen LogP contribution >= 0.6 is 0 Å². The van der Waals surface area contributed by atoms with Crippen LogP contribution in [0.25, 0.3) is 0 Å². The standard InChI is InChI=1S/C17H22N2O2/c1-18-16(12-8-4-6-10-14(12)20)17(19-2)13-9-5-7-11-15(13)21-3/h4-11,16-20H,1-3H3/t16-,17-/m1/s1. The SMILES string of the molecule is CN[C@H](c1ccccc1O)[C@H](NC)c1ccccc1OC. The average molecular weight is 286 g/mol. The van der Waals surface area contributed by atoms with E-state index in [1.54, 1.807) is 13.2 Å². The van der Waals surface area contributed by atoms with Crippen molar-refractivity contribution in [1.29, 1.82) is 0 Å². The summed E-state index contributed by atoms with van der Waals surface area (Å²) in [6, 6.07) is 15.2. The molecule has 2 rings (SSSR count). The number of phenols is 1. The summed E-state index contributed by atoms with van der Waals surface area (Å²) in [5, 5.41) is 16.7. The topological polar surface area (TPSA) is 53.5 Å². The van der Waals surface area contributed by atoms with Crippen LogP contribution < -0.4 is 15.4 Å². The van der Waals surface area contributed by atoms with Crippen LogP contribution in [0.4, 0.5) is 0 Å². The maximum atomic E-state index is 10.1. The summed E-state index contributed by atoms with van der Waals surface area (Å²) >= 11 is 0. The fraction of sp³-hybridized carbons (Fsp3) is 0.294. The Morgan fingerprint density at radius 3 is 1.95 bits per heavy atom. The van der Waals surface area contributed by atoms with E-state index in [1.165, 1.54) is 0 Å². The number of para-hydroxylation sites is 2. The summed E-state index contributed by atoms with van der Waals surface area (Å²) in [4.78, 5) is 0. The molecule has 4 nitrogen and oxygen atoms in total. The molecule has 2 atom stereocenters. The highest BCUT2D eigenvalue weighted by atomic mass is 16.5. The summed E-state index contributed by atoms with van der Waals surface area (Å²) < 4.78 is 5.46. The monoisotopic (exact) mass is 286 g/mol. The maximum Gasteiger partial charge on any atom is 0.123 e. The van der Waals surface area contributed by atoms with Gasteiger partial charge in [-0.2, -0.15) is 0 Å². The molecule has 0 radical (unpaired) electrons. The number of rotatable bonds is 6. The highest BCUT2D eigenvalue weighted by Gasteiger charge is 2.26. The number of hydrogen-bond acceptors (Lipinski definition) is 4. The van der Waals surface area contributed by atoms with Crippen molar-refractivity contribution in [2.75, 3.05) is 21.2 Å². The predicted molar refractivity (Wildman–Crippen MR) is 84.7 cm³/mol.